The minimum Gasteiger partial charge on any atom is -0.480 e. The monoisotopic (exact) mass is 433 g/mol. The second kappa shape index (κ2) is 14.2. The van der Waals surface area contributed by atoms with Crippen LogP contribution in [0.5, 0.6) is 0 Å². The highest BCUT2D eigenvalue weighted by atomic mass is 32.1. The number of unbranched alkanes of at least 4 members (excludes halogenated alkanes) is 1. The lowest BCUT2D eigenvalue weighted by Crippen LogP contribution is -2.57. The third-order valence-electron chi connectivity index (χ3n) is 4.65. The molecular formula is C18H35N5O5S. The molecule has 0 aromatic rings. The largest absolute Gasteiger partial charge is 0.480 e. The maximum atomic E-state index is 12.4. The van der Waals surface area contributed by atoms with E-state index in [1.807, 2.05) is 6.92 Å². The van der Waals surface area contributed by atoms with Gasteiger partial charge in [0.1, 0.15) is 18.1 Å². The molecule has 11 heteroatoms. The number of thiol groups is 1. The zero-order chi connectivity index (χ0) is 22.6. The maximum absolute atomic E-state index is 12.4. The summed E-state index contributed by atoms with van der Waals surface area (Å²) in [7, 11) is 0. The number of carbonyl (C=O) groups is 4. The fourth-order valence-corrected chi connectivity index (χ4v) is 2.71. The fourth-order valence-electron chi connectivity index (χ4n) is 2.45. The summed E-state index contributed by atoms with van der Waals surface area (Å²) in [5.74, 6) is -3.20. The van der Waals surface area contributed by atoms with E-state index < -0.39 is 47.9 Å². The summed E-state index contributed by atoms with van der Waals surface area (Å²) < 4.78 is 0. The molecule has 0 aromatic carbocycles. The molecule has 0 aliphatic heterocycles. The van der Waals surface area contributed by atoms with Gasteiger partial charge < -0.3 is 32.5 Å². The van der Waals surface area contributed by atoms with Gasteiger partial charge in [-0.3, -0.25) is 14.4 Å². The first-order valence-corrected chi connectivity index (χ1v) is 10.4. The molecule has 0 rings (SSSR count). The Bertz CT molecular complexity index is 563. The van der Waals surface area contributed by atoms with Crippen LogP contribution in [0, 0.1) is 5.92 Å². The lowest BCUT2D eigenvalue weighted by molar-refractivity contribution is -0.143. The fraction of sp³-hybridized carbons (Fsp3) is 0.778. The summed E-state index contributed by atoms with van der Waals surface area (Å²) in [6.07, 6.45) is 2.47. The van der Waals surface area contributed by atoms with Gasteiger partial charge in [0.05, 0.1) is 6.04 Å². The molecule has 0 aromatic heterocycles. The van der Waals surface area contributed by atoms with Gasteiger partial charge in [-0.05, 0) is 32.2 Å². The molecule has 0 fully saturated rings. The Morgan fingerprint density at radius 2 is 1.62 bits per heavy atom. The molecule has 0 bridgehead atoms. The van der Waals surface area contributed by atoms with Crippen molar-refractivity contribution in [3.63, 3.8) is 0 Å². The number of amides is 3. The normalized spacial score (nSPS) is 16.1. The molecule has 168 valence electrons. The van der Waals surface area contributed by atoms with Crippen LogP contribution >= 0.6 is 12.6 Å². The summed E-state index contributed by atoms with van der Waals surface area (Å²) in [4.78, 5) is 48.2. The molecule has 0 radical (unpaired) electrons. The van der Waals surface area contributed by atoms with Crippen LogP contribution in [0.25, 0.3) is 0 Å². The second-order valence-corrected chi connectivity index (χ2v) is 7.44. The van der Waals surface area contributed by atoms with Crippen LogP contribution in [-0.4, -0.2) is 65.3 Å². The van der Waals surface area contributed by atoms with Crippen molar-refractivity contribution in [2.75, 3.05) is 12.3 Å². The highest BCUT2D eigenvalue weighted by Gasteiger charge is 2.30. The summed E-state index contributed by atoms with van der Waals surface area (Å²) >= 11 is 4.06. The van der Waals surface area contributed by atoms with E-state index in [2.05, 4.69) is 28.6 Å². The standard InChI is InChI=1S/C18H35N5O5S/c1-4-10(2)14(18(27)28)23-17(26)13(9-29)22-15(24)11(3)21-16(25)12(20)7-5-6-8-19/h10-14,29H,4-9,19-20H2,1-3H3,(H,21,25)(H,22,24)(H,23,26)(H,27,28). The van der Waals surface area contributed by atoms with Gasteiger partial charge >= 0.3 is 5.97 Å². The van der Waals surface area contributed by atoms with Crippen LogP contribution in [-0.2, 0) is 19.2 Å². The quantitative estimate of drug-likeness (QED) is 0.135. The number of rotatable bonds is 14. The van der Waals surface area contributed by atoms with Crippen molar-refractivity contribution >= 4 is 36.3 Å². The predicted octanol–water partition coefficient (Wildman–Crippen LogP) is -1.02. The molecule has 0 heterocycles. The summed E-state index contributed by atoms with van der Waals surface area (Å²) in [5, 5.41) is 16.7. The molecule has 0 aliphatic rings. The number of hydrogen-bond donors (Lipinski definition) is 7. The van der Waals surface area contributed by atoms with Crippen LogP contribution in [0.15, 0.2) is 0 Å². The minimum absolute atomic E-state index is 0.0380. The maximum Gasteiger partial charge on any atom is 0.326 e. The highest BCUT2D eigenvalue weighted by Crippen LogP contribution is 2.08. The van der Waals surface area contributed by atoms with Crippen molar-refractivity contribution in [1.82, 2.24) is 16.0 Å². The Labute approximate surface area is 177 Å². The van der Waals surface area contributed by atoms with Crippen LogP contribution in [0.4, 0.5) is 0 Å². The van der Waals surface area contributed by atoms with Gasteiger partial charge in [-0.15, -0.1) is 0 Å². The topological polar surface area (TPSA) is 177 Å². The zero-order valence-electron chi connectivity index (χ0n) is 17.3. The molecule has 3 amide bonds. The average molecular weight is 434 g/mol. The Balaban J connectivity index is 4.77. The predicted molar refractivity (Wildman–Crippen MR) is 113 cm³/mol. The number of carbonyl (C=O) groups excluding carboxylic acids is 3. The molecular weight excluding hydrogens is 398 g/mol. The van der Waals surface area contributed by atoms with E-state index in [1.165, 1.54) is 6.92 Å². The third-order valence-corrected chi connectivity index (χ3v) is 5.02. The number of nitrogens with two attached hydrogens (primary N) is 2. The van der Waals surface area contributed by atoms with Crippen LogP contribution in [0.1, 0.15) is 46.5 Å². The van der Waals surface area contributed by atoms with Gasteiger partial charge in [0.2, 0.25) is 17.7 Å². The molecule has 0 saturated heterocycles. The molecule has 10 nitrogen and oxygen atoms in total. The first-order valence-electron chi connectivity index (χ1n) is 9.79. The van der Waals surface area contributed by atoms with E-state index in [9.17, 15) is 24.3 Å². The van der Waals surface area contributed by atoms with Crippen molar-refractivity contribution in [1.29, 1.82) is 0 Å². The van der Waals surface area contributed by atoms with Crippen molar-refractivity contribution in [2.24, 2.45) is 17.4 Å². The first-order chi connectivity index (χ1) is 13.6. The van der Waals surface area contributed by atoms with Gasteiger partial charge in [0.25, 0.3) is 0 Å². The van der Waals surface area contributed by atoms with Crippen molar-refractivity contribution in [2.45, 2.75) is 70.6 Å². The van der Waals surface area contributed by atoms with E-state index in [0.29, 0.717) is 25.8 Å². The molecule has 0 saturated carbocycles. The van der Waals surface area contributed by atoms with Crippen molar-refractivity contribution in [3.05, 3.63) is 0 Å². The number of nitrogens with one attached hydrogen (secondary N) is 3. The summed E-state index contributed by atoms with van der Waals surface area (Å²) in [6, 6.07) is -3.81. The summed E-state index contributed by atoms with van der Waals surface area (Å²) in [5.41, 5.74) is 11.2. The molecule has 0 spiro atoms. The van der Waals surface area contributed by atoms with Gasteiger partial charge in [-0.2, -0.15) is 12.6 Å². The Morgan fingerprint density at radius 1 is 1.00 bits per heavy atom. The SMILES string of the molecule is CCC(C)C(NC(=O)C(CS)NC(=O)C(C)NC(=O)C(N)CCCCN)C(=O)O. The van der Waals surface area contributed by atoms with Crippen molar-refractivity contribution in [3.8, 4) is 0 Å². The first kappa shape index (κ1) is 27.1. The number of carboxylic acid groups (broad SMARTS) is 1. The smallest absolute Gasteiger partial charge is 0.326 e. The number of aliphatic carboxylic acids is 1. The average Bonchev–Trinajstić information content (AvgIpc) is 2.68. The Morgan fingerprint density at radius 3 is 2.10 bits per heavy atom. The van der Waals surface area contributed by atoms with E-state index in [0.717, 1.165) is 6.42 Å². The van der Waals surface area contributed by atoms with Gasteiger partial charge in [0.15, 0.2) is 0 Å². The van der Waals surface area contributed by atoms with E-state index in [-0.39, 0.29) is 11.7 Å². The van der Waals surface area contributed by atoms with Crippen LogP contribution in [0.3, 0.4) is 0 Å². The van der Waals surface area contributed by atoms with E-state index in [4.69, 9.17) is 11.5 Å². The molecule has 29 heavy (non-hydrogen) atoms. The molecule has 5 unspecified atom stereocenters. The third kappa shape index (κ3) is 9.95. The number of carboxylic acids is 1. The molecule has 8 N–H and O–H groups in total. The lowest BCUT2D eigenvalue weighted by Gasteiger charge is -2.24. The van der Waals surface area contributed by atoms with Crippen LogP contribution in [0.2, 0.25) is 0 Å². The summed E-state index contributed by atoms with van der Waals surface area (Å²) in [6.45, 7) is 5.50. The molecule has 5 atom stereocenters. The van der Waals surface area contributed by atoms with Gasteiger partial charge in [0, 0.05) is 5.75 Å². The van der Waals surface area contributed by atoms with Crippen LogP contribution < -0.4 is 27.4 Å². The Hall–Kier alpha value is -1.85. The van der Waals surface area contributed by atoms with E-state index >= 15 is 0 Å². The van der Waals surface area contributed by atoms with Crippen molar-refractivity contribution < 1.29 is 24.3 Å². The van der Waals surface area contributed by atoms with Gasteiger partial charge in [-0.25, -0.2) is 4.79 Å². The minimum atomic E-state index is -1.15. The zero-order valence-corrected chi connectivity index (χ0v) is 18.2. The molecule has 0 aliphatic carbocycles. The number of hydrogen-bond acceptors (Lipinski definition) is 7. The van der Waals surface area contributed by atoms with Gasteiger partial charge in [-0.1, -0.05) is 26.7 Å². The lowest BCUT2D eigenvalue weighted by atomic mass is 9.99. The Kier molecular flexibility index (Phi) is 13.3. The van der Waals surface area contributed by atoms with E-state index in [1.54, 1.807) is 6.92 Å². The highest BCUT2D eigenvalue weighted by molar-refractivity contribution is 7.80. The second-order valence-electron chi connectivity index (χ2n) is 7.08.